The number of hydrogen-bond donors (Lipinski definition) is 2. The monoisotopic (exact) mass is 259 g/mol. The first-order valence-corrected chi connectivity index (χ1v) is 5.99. The van der Waals surface area contributed by atoms with Gasteiger partial charge >= 0.3 is 0 Å². The molecule has 0 spiro atoms. The molecule has 1 rings (SSSR count). The fraction of sp³-hybridized carbons (Fsp3) is 0.538. The van der Waals surface area contributed by atoms with E-state index in [1.165, 1.54) is 12.1 Å². The average Bonchev–Trinajstić information content (AvgIpc) is 2.15. The maximum absolute atomic E-state index is 13.6. The van der Waals surface area contributed by atoms with Crippen LogP contribution in [-0.2, 0) is 0 Å². The van der Waals surface area contributed by atoms with Gasteiger partial charge in [-0.3, -0.25) is 0 Å². The Labute approximate surface area is 107 Å². The number of hydrogen-bond acceptors (Lipinski definition) is 2. The lowest BCUT2D eigenvalue weighted by atomic mass is 9.83. The second-order valence-corrected chi connectivity index (χ2v) is 5.77. The van der Waals surface area contributed by atoms with Crippen LogP contribution in [-0.4, -0.2) is 11.1 Å². The third kappa shape index (κ3) is 3.66. The van der Waals surface area contributed by atoms with E-state index in [0.29, 0.717) is 0 Å². The van der Waals surface area contributed by atoms with Crippen molar-refractivity contribution in [1.82, 2.24) is 0 Å². The van der Waals surface area contributed by atoms with Crippen molar-refractivity contribution in [2.75, 3.05) is 0 Å². The van der Waals surface area contributed by atoms with E-state index in [2.05, 4.69) is 0 Å². The molecule has 0 fully saturated rings. The quantitative estimate of drug-likeness (QED) is 0.875. The Morgan fingerprint density at radius 3 is 2.47 bits per heavy atom. The highest BCUT2D eigenvalue weighted by Crippen LogP contribution is 2.31. The van der Waals surface area contributed by atoms with Gasteiger partial charge in [-0.25, -0.2) is 4.39 Å². The van der Waals surface area contributed by atoms with E-state index < -0.39 is 11.9 Å². The Kier molecular flexibility index (Phi) is 4.53. The average molecular weight is 260 g/mol. The lowest BCUT2D eigenvalue weighted by molar-refractivity contribution is 0.130. The molecule has 0 aromatic heterocycles. The van der Waals surface area contributed by atoms with Gasteiger partial charge in [-0.2, -0.15) is 0 Å². The van der Waals surface area contributed by atoms with Crippen molar-refractivity contribution in [3.05, 3.63) is 34.6 Å². The Hall–Kier alpha value is -0.640. The Balaban J connectivity index is 2.87. The van der Waals surface area contributed by atoms with Crippen LogP contribution in [0.15, 0.2) is 18.2 Å². The number of rotatable bonds is 3. The number of aliphatic hydroxyl groups is 1. The Morgan fingerprint density at radius 1 is 1.41 bits per heavy atom. The molecule has 0 bridgehead atoms. The summed E-state index contributed by atoms with van der Waals surface area (Å²) in [5.74, 6) is -0.494. The summed E-state index contributed by atoms with van der Waals surface area (Å²) in [6.07, 6.45) is -0.692. The van der Waals surface area contributed by atoms with Gasteiger partial charge in [0.1, 0.15) is 5.82 Å². The van der Waals surface area contributed by atoms with Crippen LogP contribution in [0.5, 0.6) is 0 Å². The van der Waals surface area contributed by atoms with Gasteiger partial charge in [0.15, 0.2) is 0 Å². The summed E-state index contributed by atoms with van der Waals surface area (Å²) >= 11 is 5.88. The van der Waals surface area contributed by atoms with Crippen LogP contribution in [0.3, 0.4) is 0 Å². The van der Waals surface area contributed by atoms with Crippen molar-refractivity contribution in [2.45, 2.75) is 39.3 Å². The van der Waals surface area contributed by atoms with Crippen LogP contribution in [0, 0.1) is 11.2 Å². The fourth-order valence-corrected chi connectivity index (χ4v) is 1.83. The predicted octanol–water partition coefficient (Wildman–Crippen LogP) is 3.28. The fourth-order valence-electron chi connectivity index (χ4n) is 1.54. The van der Waals surface area contributed by atoms with E-state index in [-0.39, 0.29) is 28.5 Å². The highest BCUT2D eigenvalue weighted by molar-refractivity contribution is 6.31. The van der Waals surface area contributed by atoms with Crippen molar-refractivity contribution < 1.29 is 9.50 Å². The molecule has 0 unspecified atom stereocenters. The summed E-state index contributed by atoms with van der Waals surface area (Å²) in [6, 6.07) is 4.13. The molecule has 0 aliphatic rings. The maximum atomic E-state index is 13.6. The molecular weight excluding hydrogens is 241 g/mol. The minimum absolute atomic E-state index is 0.133. The van der Waals surface area contributed by atoms with E-state index in [4.69, 9.17) is 17.3 Å². The molecule has 0 saturated carbocycles. The van der Waals surface area contributed by atoms with Gasteiger partial charge in [-0.15, -0.1) is 0 Å². The molecule has 1 aromatic rings. The van der Waals surface area contributed by atoms with Gasteiger partial charge in [-0.1, -0.05) is 38.4 Å². The highest BCUT2D eigenvalue weighted by atomic mass is 35.5. The van der Waals surface area contributed by atoms with Crippen LogP contribution in [0.2, 0.25) is 5.02 Å². The molecule has 0 amide bonds. The molecule has 0 radical (unpaired) electrons. The summed E-state index contributed by atoms with van der Waals surface area (Å²) in [6.45, 7) is 5.94. The number of halogens is 2. The van der Waals surface area contributed by atoms with Crippen LogP contribution in [0.1, 0.15) is 38.9 Å². The second-order valence-electron chi connectivity index (χ2n) is 5.36. The normalized spacial score (nSPS) is 15.7. The molecular formula is C13H19ClFNO. The van der Waals surface area contributed by atoms with Crippen molar-refractivity contribution in [1.29, 1.82) is 0 Å². The van der Waals surface area contributed by atoms with E-state index in [1.54, 1.807) is 6.07 Å². The van der Waals surface area contributed by atoms with Crippen molar-refractivity contribution in [3.8, 4) is 0 Å². The first kappa shape index (κ1) is 14.4. The minimum atomic E-state index is -0.974. The first-order chi connectivity index (χ1) is 7.73. The van der Waals surface area contributed by atoms with Crippen molar-refractivity contribution in [3.63, 3.8) is 0 Å². The molecule has 0 aliphatic heterocycles. The Bertz CT molecular complexity index is 369. The summed E-state index contributed by atoms with van der Waals surface area (Å²) in [5.41, 5.74) is 5.96. The summed E-state index contributed by atoms with van der Waals surface area (Å²) in [4.78, 5) is 0. The summed E-state index contributed by atoms with van der Waals surface area (Å²) in [5, 5.41) is 10.2. The standard InChI is InChI=1S/C13H19ClFNO/c1-13(2,3)11(16)7-10(17)12-8(14)5-4-6-9(12)15/h4-6,10-11,17H,7,16H2,1-3H3/t10-,11-/m0/s1. The molecule has 0 saturated heterocycles. The van der Waals surface area contributed by atoms with E-state index in [1.807, 2.05) is 20.8 Å². The lowest BCUT2D eigenvalue weighted by Crippen LogP contribution is -2.36. The van der Waals surface area contributed by atoms with Crippen molar-refractivity contribution >= 4 is 11.6 Å². The van der Waals surface area contributed by atoms with Gasteiger partial charge in [0, 0.05) is 16.6 Å². The molecule has 0 aliphatic carbocycles. The largest absolute Gasteiger partial charge is 0.388 e. The van der Waals surface area contributed by atoms with E-state index in [9.17, 15) is 9.50 Å². The van der Waals surface area contributed by atoms with Gasteiger partial charge in [-0.05, 0) is 24.0 Å². The smallest absolute Gasteiger partial charge is 0.130 e. The molecule has 17 heavy (non-hydrogen) atoms. The van der Waals surface area contributed by atoms with Crippen LogP contribution >= 0.6 is 11.6 Å². The third-order valence-corrected chi connectivity index (χ3v) is 3.25. The summed E-state index contributed by atoms with van der Waals surface area (Å²) < 4.78 is 13.6. The van der Waals surface area contributed by atoms with Gasteiger partial charge in [0.25, 0.3) is 0 Å². The van der Waals surface area contributed by atoms with E-state index >= 15 is 0 Å². The zero-order valence-corrected chi connectivity index (χ0v) is 11.1. The van der Waals surface area contributed by atoms with Crippen LogP contribution < -0.4 is 5.73 Å². The summed E-state index contributed by atoms with van der Waals surface area (Å²) in [7, 11) is 0. The molecule has 2 nitrogen and oxygen atoms in total. The van der Waals surface area contributed by atoms with Gasteiger partial charge < -0.3 is 10.8 Å². The molecule has 2 atom stereocenters. The maximum Gasteiger partial charge on any atom is 0.130 e. The number of nitrogens with two attached hydrogens (primary N) is 1. The number of aliphatic hydroxyl groups excluding tert-OH is 1. The highest BCUT2D eigenvalue weighted by Gasteiger charge is 2.26. The minimum Gasteiger partial charge on any atom is -0.388 e. The Morgan fingerprint density at radius 2 is 2.00 bits per heavy atom. The molecule has 96 valence electrons. The SMILES string of the molecule is CC(C)(C)[C@@H](N)C[C@H](O)c1c(F)cccc1Cl. The topological polar surface area (TPSA) is 46.2 Å². The third-order valence-electron chi connectivity index (χ3n) is 2.92. The predicted molar refractivity (Wildman–Crippen MR) is 68.4 cm³/mol. The molecule has 1 aromatic carbocycles. The van der Waals surface area contributed by atoms with Crippen molar-refractivity contribution in [2.24, 2.45) is 11.1 Å². The van der Waals surface area contributed by atoms with E-state index in [0.717, 1.165) is 0 Å². The van der Waals surface area contributed by atoms with Gasteiger partial charge in [0.2, 0.25) is 0 Å². The zero-order chi connectivity index (χ0) is 13.2. The van der Waals surface area contributed by atoms with Crippen LogP contribution in [0.4, 0.5) is 4.39 Å². The molecule has 0 heterocycles. The lowest BCUT2D eigenvalue weighted by Gasteiger charge is -2.29. The zero-order valence-electron chi connectivity index (χ0n) is 10.4. The molecule has 4 heteroatoms. The second kappa shape index (κ2) is 5.34. The first-order valence-electron chi connectivity index (χ1n) is 5.61. The van der Waals surface area contributed by atoms with Crippen LogP contribution in [0.25, 0.3) is 0 Å². The molecule has 3 N–H and O–H groups in total. The number of benzene rings is 1. The van der Waals surface area contributed by atoms with Gasteiger partial charge in [0.05, 0.1) is 6.10 Å².